The summed E-state index contributed by atoms with van der Waals surface area (Å²) in [7, 11) is -3.13. The quantitative estimate of drug-likeness (QED) is 0.116. The second-order valence-corrected chi connectivity index (χ2v) is 17.9. The lowest BCUT2D eigenvalue weighted by atomic mass is 9.94. The average molecular weight is 863 g/mol. The van der Waals surface area contributed by atoms with Crippen molar-refractivity contribution in [3.63, 3.8) is 0 Å². The molecule has 3 N–H and O–H groups in total. The Kier molecular flexibility index (Phi) is 13.6. The first-order valence-electron chi connectivity index (χ1n) is 21.2. The Labute approximate surface area is 369 Å². The lowest BCUT2D eigenvalue weighted by molar-refractivity contribution is 0.306. The van der Waals surface area contributed by atoms with E-state index in [1.807, 2.05) is 109 Å². The molecule has 0 spiro atoms. The van der Waals surface area contributed by atoms with Gasteiger partial charge in [0, 0.05) is 47.4 Å². The number of aromatic amines is 2. The maximum absolute atomic E-state index is 11.8. The van der Waals surface area contributed by atoms with Gasteiger partial charge < -0.3 is 24.8 Å². The second-order valence-electron chi connectivity index (χ2n) is 15.9. The molecule has 0 unspecified atom stereocenters. The van der Waals surface area contributed by atoms with Gasteiger partial charge in [0.1, 0.15) is 36.4 Å². The fourth-order valence-electron chi connectivity index (χ4n) is 8.04. The number of fused-ring (bicyclic) bond motifs is 2. The molecule has 0 amide bonds. The molecule has 4 aromatic carbocycles. The van der Waals surface area contributed by atoms with E-state index >= 15 is 0 Å². The van der Waals surface area contributed by atoms with Crippen molar-refractivity contribution in [2.75, 3.05) is 32.4 Å². The first kappa shape index (κ1) is 43.2. The predicted octanol–water partition coefficient (Wildman–Crippen LogP) is 9.65. The Balaban J connectivity index is 0.000000171. The van der Waals surface area contributed by atoms with Crippen LogP contribution in [0.2, 0.25) is 0 Å². The third kappa shape index (κ3) is 10.8. The highest BCUT2D eigenvalue weighted by Crippen LogP contribution is 2.31. The van der Waals surface area contributed by atoms with Crippen LogP contribution >= 0.6 is 0 Å². The number of aromatic nitrogens is 6. The van der Waals surface area contributed by atoms with Gasteiger partial charge in [-0.05, 0) is 123 Å². The van der Waals surface area contributed by atoms with Gasteiger partial charge in [-0.2, -0.15) is 0 Å². The summed E-state index contributed by atoms with van der Waals surface area (Å²) in [6, 6.07) is 44.4. The Morgan fingerprint density at radius 3 is 1.41 bits per heavy atom. The minimum atomic E-state index is -3.13. The monoisotopic (exact) mass is 862 g/mol. The van der Waals surface area contributed by atoms with Crippen molar-refractivity contribution in [1.29, 1.82) is 0 Å². The van der Waals surface area contributed by atoms with Crippen LogP contribution in [0.15, 0.2) is 133 Å². The summed E-state index contributed by atoms with van der Waals surface area (Å²) in [5.74, 6) is 4.02. The van der Waals surface area contributed by atoms with Crippen LogP contribution in [0.4, 0.5) is 0 Å². The Bertz CT molecular complexity index is 2820. The largest absolute Gasteiger partial charge is 0.489 e. The maximum atomic E-state index is 11.8. The molecule has 63 heavy (non-hydrogen) atoms. The van der Waals surface area contributed by atoms with Crippen LogP contribution < -0.4 is 14.8 Å². The minimum Gasteiger partial charge on any atom is -0.489 e. The summed E-state index contributed by atoms with van der Waals surface area (Å²) in [6.45, 7) is 4.29. The molecular weight excluding hydrogens is 809 g/mol. The highest BCUT2D eigenvalue weighted by Gasteiger charge is 2.27. The molecular formula is C50H54N8O4S. The van der Waals surface area contributed by atoms with E-state index in [9.17, 15) is 8.42 Å². The summed E-state index contributed by atoms with van der Waals surface area (Å²) < 4.78 is 36.8. The molecule has 324 valence electrons. The number of H-pyrrole nitrogens is 2. The first-order valence-corrected chi connectivity index (χ1v) is 23.1. The van der Waals surface area contributed by atoms with E-state index in [-0.39, 0.29) is 13.3 Å². The lowest BCUT2D eigenvalue weighted by Crippen LogP contribution is -2.37. The van der Waals surface area contributed by atoms with Crippen molar-refractivity contribution >= 4 is 32.4 Å². The normalized spacial score (nSPS) is 15.1. The number of ether oxygens (including phenoxy) is 2. The lowest BCUT2D eigenvalue weighted by Gasteiger charge is -2.29. The number of imidazole rings is 2. The number of sulfonamides is 1. The number of rotatable bonds is 11. The van der Waals surface area contributed by atoms with Crippen LogP contribution in [0.3, 0.4) is 0 Å². The summed E-state index contributed by atoms with van der Waals surface area (Å²) in [4.78, 5) is 25.8. The van der Waals surface area contributed by atoms with E-state index in [2.05, 4.69) is 39.6 Å². The standard InChI is InChI=1S/C25H26N4O3S.C24H24N4O.CH4/c1-33(30,31)29-15-13-19(14-16-29)22-11-12-23-25(26-22)28-24(27-23)20-7-9-21(10-8-20)32-17-18-5-3-2-4-6-18;1-2-4-17(5-3-1)16-29-20-8-6-19(7-9-20)23-27-22-11-10-21(26-24(22)28-23)18-12-14-25-15-13-18;/h2-12,19H,13-17H2,1H3,(H,26,27,28);1-11,18,25H,12-16H2,(H,26,27,28);1H4. The van der Waals surface area contributed by atoms with Crippen LogP contribution in [-0.2, 0) is 23.2 Å². The molecule has 0 bridgehead atoms. The fraction of sp³-hybridized carbons (Fsp3) is 0.280. The third-order valence-electron chi connectivity index (χ3n) is 11.6. The van der Waals surface area contributed by atoms with Crippen LogP contribution in [0.1, 0.15) is 67.5 Å². The molecule has 2 fully saturated rings. The Morgan fingerprint density at radius 1 is 0.556 bits per heavy atom. The smallest absolute Gasteiger partial charge is 0.211 e. The maximum Gasteiger partial charge on any atom is 0.211 e. The van der Waals surface area contributed by atoms with Crippen molar-refractivity contribution < 1.29 is 17.9 Å². The predicted molar refractivity (Wildman–Crippen MR) is 250 cm³/mol. The van der Waals surface area contributed by atoms with Crippen LogP contribution in [0.25, 0.3) is 45.1 Å². The third-order valence-corrected chi connectivity index (χ3v) is 12.9. The molecule has 12 nitrogen and oxygen atoms in total. The highest BCUT2D eigenvalue weighted by molar-refractivity contribution is 7.88. The zero-order valence-electron chi connectivity index (χ0n) is 34.7. The molecule has 2 saturated heterocycles. The Hall–Kier alpha value is -6.41. The van der Waals surface area contributed by atoms with Crippen molar-refractivity contribution in [3.05, 3.63) is 156 Å². The van der Waals surface area contributed by atoms with Crippen molar-refractivity contribution in [1.82, 2.24) is 39.5 Å². The SMILES string of the molecule is C.CS(=O)(=O)N1CCC(c2ccc3[nH]c(-c4ccc(OCc5ccccc5)cc4)nc3n2)CC1.c1ccc(COc2ccc(-c3nc4nc(C5CCNCC5)ccc4[nH]3)cc2)cc1. The van der Waals surface area contributed by atoms with Gasteiger partial charge in [-0.15, -0.1) is 0 Å². The second kappa shape index (κ2) is 19.7. The van der Waals surface area contributed by atoms with E-state index in [1.54, 1.807) is 4.31 Å². The van der Waals surface area contributed by atoms with E-state index < -0.39 is 10.0 Å². The number of nitrogens with zero attached hydrogens (tertiary/aromatic N) is 5. The van der Waals surface area contributed by atoms with Gasteiger partial charge in [-0.3, -0.25) is 0 Å². The van der Waals surface area contributed by atoms with E-state index in [0.29, 0.717) is 37.9 Å². The first-order chi connectivity index (χ1) is 30.3. The van der Waals surface area contributed by atoms with Gasteiger partial charge >= 0.3 is 0 Å². The Morgan fingerprint density at radius 2 is 0.984 bits per heavy atom. The highest BCUT2D eigenvalue weighted by atomic mass is 32.2. The molecule has 6 heterocycles. The average Bonchev–Trinajstić information content (AvgIpc) is 3.96. The van der Waals surface area contributed by atoms with E-state index in [0.717, 1.165) is 112 Å². The molecule has 4 aromatic heterocycles. The molecule has 2 aliphatic heterocycles. The number of hydrogen-bond donors (Lipinski definition) is 3. The molecule has 0 radical (unpaired) electrons. The van der Waals surface area contributed by atoms with Gasteiger partial charge in [0.2, 0.25) is 10.0 Å². The summed E-state index contributed by atoms with van der Waals surface area (Å²) >= 11 is 0. The summed E-state index contributed by atoms with van der Waals surface area (Å²) in [5, 5.41) is 3.41. The zero-order valence-corrected chi connectivity index (χ0v) is 35.5. The summed E-state index contributed by atoms with van der Waals surface area (Å²) in [6.07, 6.45) is 5.09. The zero-order chi connectivity index (χ0) is 42.3. The molecule has 0 atom stereocenters. The van der Waals surface area contributed by atoms with Gasteiger partial charge in [0.15, 0.2) is 11.3 Å². The molecule has 2 aliphatic rings. The number of nitrogens with one attached hydrogen (secondary N) is 3. The van der Waals surface area contributed by atoms with Crippen molar-refractivity contribution in [3.8, 4) is 34.3 Å². The van der Waals surface area contributed by atoms with Gasteiger partial charge in [0.25, 0.3) is 0 Å². The molecule has 8 aromatic rings. The fourth-order valence-corrected chi connectivity index (χ4v) is 8.92. The molecule has 0 saturated carbocycles. The van der Waals surface area contributed by atoms with Gasteiger partial charge in [0.05, 0.1) is 17.3 Å². The topological polar surface area (TPSA) is 151 Å². The van der Waals surface area contributed by atoms with Crippen molar-refractivity contribution in [2.24, 2.45) is 0 Å². The van der Waals surface area contributed by atoms with Crippen LogP contribution in [0, 0.1) is 0 Å². The van der Waals surface area contributed by atoms with Crippen LogP contribution in [-0.4, -0.2) is 75.1 Å². The van der Waals surface area contributed by atoms with Crippen molar-refractivity contribution in [2.45, 2.75) is 58.2 Å². The van der Waals surface area contributed by atoms with Gasteiger partial charge in [-0.1, -0.05) is 68.1 Å². The number of hydrogen-bond acceptors (Lipinski definition) is 9. The number of benzene rings is 4. The van der Waals surface area contributed by atoms with E-state index in [4.69, 9.17) is 29.4 Å². The van der Waals surface area contributed by atoms with Gasteiger partial charge in [-0.25, -0.2) is 32.7 Å². The van der Waals surface area contributed by atoms with E-state index in [1.165, 1.54) is 6.26 Å². The number of piperidine rings is 2. The molecule has 0 aliphatic carbocycles. The molecule has 13 heteroatoms. The minimum absolute atomic E-state index is 0. The summed E-state index contributed by atoms with van der Waals surface area (Å²) in [5.41, 5.74) is 9.72. The number of pyridine rings is 2. The molecule has 10 rings (SSSR count). The van der Waals surface area contributed by atoms with Crippen LogP contribution in [0.5, 0.6) is 11.5 Å².